The number of aromatic nitrogens is 2. The summed E-state index contributed by atoms with van der Waals surface area (Å²) in [6, 6.07) is -0.841. The summed E-state index contributed by atoms with van der Waals surface area (Å²) in [7, 11) is -11.8. The lowest BCUT2D eigenvalue weighted by molar-refractivity contribution is -0.247. The zero-order valence-electron chi connectivity index (χ0n) is 20.8. The van der Waals surface area contributed by atoms with Crippen LogP contribution in [0.5, 0.6) is 0 Å². The molecule has 3 rings (SSSR count). The van der Waals surface area contributed by atoms with E-state index in [2.05, 4.69) is 24.2 Å². The molecule has 0 spiro atoms. The molecule has 0 bridgehead atoms. The lowest BCUT2D eigenvalue weighted by atomic mass is 10.0. The molecular weight excluding hydrogens is 638 g/mol. The van der Waals surface area contributed by atoms with Crippen LogP contribution in [-0.2, 0) is 32.0 Å². The Morgan fingerprint density at radius 1 is 1.19 bits per heavy atom. The SMILES string of the molecule is [N-]=[N+]=NCC(=O)N[C@@H]1[C@@H](O)[C@H](O)[C@@H](CO)S[C@@H]1OP(=O)([O-])OP(=O)([O-])OC[C@H]1O[C@@H](n2ccc(=O)[nH]c2=O)[C@H](O)[C@@H]1O. The number of amides is 1. The number of thioether (sulfide) groups is 1. The molecule has 0 radical (unpaired) electrons. The minimum Gasteiger partial charge on any atom is -0.756 e. The predicted octanol–water partition coefficient (Wildman–Crippen LogP) is -4.91. The number of aromatic amines is 1. The Kier molecular flexibility index (Phi) is 11.5. The van der Waals surface area contributed by atoms with Crippen molar-refractivity contribution in [3.05, 3.63) is 43.5 Å². The highest BCUT2D eigenvalue weighted by Gasteiger charge is 2.47. The zero-order valence-corrected chi connectivity index (χ0v) is 23.4. The van der Waals surface area contributed by atoms with Gasteiger partial charge in [-0.05, 0) is 5.53 Å². The Bertz CT molecular complexity index is 1390. The summed E-state index contributed by atoms with van der Waals surface area (Å²) < 4.78 is 43.8. The average Bonchev–Trinajstić information content (AvgIpc) is 3.18. The number of carbonyl (C=O) groups is 1. The molecular formula is C17H24N6O16P2S-2. The maximum absolute atomic E-state index is 12.5. The van der Waals surface area contributed by atoms with E-state index >= 15 is 0 Å². The molecule has 2 unspecified atom stereocenters. The fourth-order valence-electron chi connectivity index (χ4n) is 3.83. The van der Waals surface area contributed by atoms with Gasteiger partial charge in [0, 0.05) is 17.2 Å². The molecule has 42 heavy (non-hydrogen) atoms. The molecule has 2 fully saturated rings. The predicted molar refractivity (Wildman–Crippen MR) is 131 cm³/mol. The third kappa shape index (κ3) is 8.47. The molecule has 11 atom stereocenters. The minimum atomic E-state index is -5.94. The van der Waals surface area contributed by atoms with E-state index in [-0.39, 0.29) is 0 Å². The Morgan fingerprint density at radius 3 is 2.50 bits per heavy atom. The van der Waals surface area contributed by atoms with Gasteiger partial charge in [0.25, 0.3) is 21.2 Å². The Morgan fingerprint density at radius 2 is 1.88 bits per heavy atom. The van der Waals surface area contributed by atoms with Gasteiger partial charge in [0.05, 0.1) is 30.6 Å². The standard InChI is InChI=1S/C17H26N6O16P2S/c18-22-19-3-9(26)20-10-13(29)12(28)7(4-24)42-16(10)38-41(34,35)39-40(32,33)36-5-6-11(27)14(30)15(37-6)23-2-1-8(25)21-17(23)31/h1-2,6-7,10-16,24,27-30H,3-5H2,(H,20,26)(H,32,33)(H,34,35)(H,21,25,31)/p-2/t6-,7-,10-,11-,12-,13-,14-,15-,16+/m1/s1. The maximum Gasteiger partial charge on any atom is 0.330 e. The largest absolute Gasteiger partial charge is 0.756 e. The molecule has 0 saturated carbocycles. The lowest BCUT2D eigenvalue weighted by Gasteiger charge is -2.43. The van der Waals surface area contributed by atoms with E-state index in [1.165, 1.54) is 0 Å². The Balaban J connectivity index is 1.67. The van der Waals surface area contributed by atoms with Crippen molar-refractivity contribution in [3.63, 3.8) is 0 Å². The minimum absolute atomic E-state index is 0.389. The van der Waals surface area contributed by atoms with Gasteiger partial charge in [-0.1, -0.05) is 5.11 Å². The molecule has 2 saturated heterocycles. The van der Waals surface area contributed by atoms with Gasteiger partial charge < -0.3 is 54.4 Å². The van der Waals surface area contributed by atoms with Crippen molar-refractivity contribution in [3.8, 4) is 0 Å². The van der Waals surface area contributed by atoms with Crippen LogP contribution >= 0.6 is 27.4 Å². The van der Waals surface area contributed by atoms with Crippen LogP contribution in [0.4, 0.5) is 0 Å². The smallest absolute Gasteiger partial charge is 0.330 e. The van der Waals surface area contributed by atoms with Gasteiger partial charge in [0.15, 0.2) is 6.23 Å². The van der Waals surface area contributed by atoms with Crippen molar-refractivity contribution in [1.82, 2.24) is 14.9 Å². The summed E-state index contributed by atoms with van der Waals surface area (Å²) in [5.74, 6) is -1.04. The van der Waals surface area contributed by atoms with E-state index in [9.17, 15) is 58.8 Å². The summed E-state index contributed by atoms with van der Waals surface area (Å²) in [5.41, 5.74) is 4.64. The van der Waals surface area contributed by atoms with Crippen LogP contribution in [0.25, 0.3) is 10.4 Å². The van der Waals surface area contributed by atoms with E-state index < -0.39 is 106 Å². The molecule has 0 aromatic carbocycles. The van der Waals surface area contributed by atoms with E-state index in [1.807, 2.05) is 4.98 Å². The third-order valence-electron chi connectivity index (χ3n) is 5.78. The number of ether oxygens (including phenoxy) is 1. The van der Waals surface area contributed by atoms with Gasteiger partial charge in [-0.15, -0.1) is 11.8 Å². The van der Waals surface area contributed by atoms with Crippen molar-refractivity contribution < 1.29 is 67.3 Å². The molecule has 22 nitrogen and oxygen atoms in total. The number of nitrogens with zero attached hydrogens (tertiary/aromatic N) is 4. The van der Waals surface area contributed by atoms with Gasteiger partial charge in [0.1, 0.15) is 36.4 Å². The summed E-state index contributed by atoms with van der Waals surface area (Å²) in [6.45, 7) is -2.74. The Labute approximate surface area is 237 Å². The molecule has 2 aliphatic heterocycles. The molecule has 7 N–H and O–H groups in total. The summed E-state index contributed by atoms with van der Waals surface area (Å²) in [5, 5.41) is 54.1. The van der Waals surface area contributed by atoms with Crippen LogP contribution in [0.2, 0.25) is 0 Å². The number of rotatable bonds is 12. The molecule has 236 valence electrons. The first-order valence-electron chi connectivity index (χ1n) is 11.5. The molecule has 3 heterocycles. The van der Waals surface area contributed by atoms with Crippen molar-refractivity contribution in [2.75, 3.05) is 19.8 Å². The molecule has 1 amide bonds. The number of phosphoric ester groups is 2. The number of aliphatic hydroxyl groups is 5. The molecule has 1 aromatic rings. The number of carbonyl (C=O) groups excluding carboxylic acids is 1. The van der Waals surface area contributed by atoms with Gasteiger partial charge >= 0.3 is 5.69 Å². The first kappa shape index (κ1) is 34.3. The molecule has 25 heteroatoms. The topological polar surface area (TPSA) is 351 Å². The summed E-state index contributed by atoms with van der Waals surface area (Å²) >= 11 is 0.389. The fourth-order valence-corrected chi connectivity index (χ4v) is 7.54. The first-order valence-corrected chi connectivity index (χ1v) is 15.4. The summed E-state index contributed by atoms with van der Waals surface area (Å²) in [4.78, 5) is 64.1. The van der Waals surface area contributed by atoms with Crippen LogP contribution in [-0.4, -0.2) is 108 Å². The number of hydrogen-bond acceptors (Lipinski definition) is 18. The number of phosphoric acid groups is 2. The van der Waals surface area contributed by atoms with Crippen LogP contribution < -0.4 is 26.4 Å². The average molecular weight is 662 g/mol. The highest BCUT2D eigenvalue weighted by atomic mass is 32.2. The van der Waals surface area contributed by atoms with Gasteiger partial charge in [0.2, 0.25) is 5.91 Å². The molecule has 1 aromatic heterocycles. The lowest BCUT2D eigenvalue weighted by Crippen LogP contribution is -2.61. The summed E-state index contributed by atoms with van der Waals surface area (Å²) in [6.07, 6.45) is -9.67. The second-order valence-corrected chi connectivity index (χ2v) is 12.9. The highest BCUT2D eigenvalue weighted by molar-refractivity contribution is 8.00. The van der Waals surface area contributed by atoms with Crippen molar-refractivity contribution in [2.45, 2.75) is 53.5 Å². The third-order valence-corrected chi connectivity index (χ3v) is 9.91. The molecule has 2 aliphatic rings. The Hall–Kier alpha value is -2.17. The molecule has 0 aliphatic carbocycles. The number of aliphatic hydroxyl groups excluding tert-OH is 5. The fraction of sp³-hybridized carbons (Fsp3) is 0.706. The zero-order chi connectivity index (χ0) is 31.4. The van der Waals surface area contributed by atoms with Gasteiger partial charge in [-0.3, -0.25) is 28.3 Å². The van der Waals surface area contributed by atoms with Crippen LogP contribution in [0.1, 0.15) is 6.23 Å². The van der Waals surface area contributed by atoms with Crippen molar-refractivity contribution >= 4 is 33.3 Å². The number of azide groups is 1. The van der Waals surface area contributed by atoms with E-state index in [1.54, 1.807) is 0 Å². The van der Waals surface area contributed by atoms with Gasteiger partial charge in [-0.25, -0.2) is 9.11 Å². The van der Waals surface area contributed by atoms with Crippen LogP contribution in [0.3, 0.4) is 0 Å². The van der Waals surface area contributed by atoms with E-state index in [4.69, 9.17) is 14.8 Å². The van der Waals surface area contributed by atoms with Crippen molar-refractivity contribution in [2.24, 2.45) is 5.11 Å². The maximum atomic E-state index is 12.5. The van der Waals surface area contributed by atoms with Gasteiger partial charge in [-0.2, -0.15) is 0 Å². The second-order valence-electron chi connectivity index (χ2n) is 8.63. The normalized spacial score (nSPS) is 34.1. The van der Waals surface area contributed by atoms with E-state index in [0.29, 0.717) is 16.3 Å². The number of hydrogen-bond donors (Lipinski definition) is 7. The van der Waals surface area contributed by atoms with Crippen molar-refractivity contribution in [1.29, 1.82) is 0 Å². The second kappa shape index (κ2) is 14.1. The monoisotopic (exact) mass is 662 g/mol. The van der Waals surface area contributed by atoms with E-state index in [0.717, 1.165) is 12.3 Å². The quantitative estimate of drug-likeness (QED) is 0.0477. The first-order chi connectivity index (χ1) is 19.6. The van der Waals surface area contributed by atoms with Crippen LogP contribution in [0.15, 0.2) is 27.0 Å². The van der Waals surface area contributed by atoms with Crippen LogP contribution in [0, 0.1) is 0 Å². The number of H-pyrrole nitrogens is 1. The highest BCUT2D eigenvalue weighted by Crippen LogP contribution is 2.58. The number of nitrogens with one attached hydrogen (secondary N) is 2.